The van der Waals surface area contributed by atoms with E-state index in [9.17, 15) is 14.4 Å². The first-order valence-electron chi connectivity index (χ1n) is 9.76. The van der Waals surface area contributed by atoms with Crippen LogP contribution in [0.5, 0.6) is 5.75 Å². The van der Waals surface area contributed by atoms with Crippen molar-refractivity contribution in [3.05, 3.63) is 64.1 Å². The summed E-state index contributed by atoms with van der Waals surface area (Å²) in [6.07, 6.45) is -0.0745. The van der Waals surface area contributed by atoms with Crippen molar-refractivity contribution < 1.29 is 23.9 Å². The van der Waals surface area contributed by atoms with E-state index in [4.69, 9.17) is 9.47 Å². The Hall–Kier alpha value is -2.87. The summed E-state index contributed by atoms with van der Waals surface area (Å²) in [5.74, 6) is 0.159. The van der Waals surface area contributed by atoms with Crippen LogP contribution >= 0.6 is 15.9 Å². The van der Waals surface area contributed by atoms with Crippen LogP contribution in [0, 0.1) is 0 Å². The number of hydrogen-bond acceptors (Lipinski definition) is 5. The Morgan fingerprint density at radius 2 is 1.53 bits per heavy atom. The molecular formula is C22H23BrN2O5. The van der Waals surface area contributed by atoms with Crippen molar-refractivity contribution in [1.29, 1.82) is 0 Å². The molecule has 3 rings (SSSR count). The highest BCUT2D eigenvalue weighted by atomic mass is 79.9. The fraction of sp³-hybridized carbons (Fsp3) is 0.318. The van der Waals surface area contributed by atoms with E-state index in [1.807, 2.05) is 12.1 Å². The van der Waals surface area contributed by atoms with Crippen molar-refractivity contribution in [3.63, 3.8) is 0 Å². The summed E-state index contributed by atoms with van der Waals surface area (Å²) in [5, 5.41) is 0. The maximum Gasteiger partial charge on any atom is 0.513 e. The molecule has 1 aliphatic heterocycles. The van der Waals surface area contributed by atoms with Gasteiger partial charge in [-0.1, -0.05) is 22.0 Å². The van der Waals surface area contributed by atoms with Gasteiger partial charge < -0.3 is 19.3 Å². The highest BCUT2D eigenvalue weighted by Gasteiger charge is 2.23. The van der Waals surface area contributed by atoms with Crippen LogP contribution in [0.1, 0.15) is 34.1 Å². The van der Waals surface area contributed by atoms with Gasteiger partial charge in [0.05, 0.1) is 6.61 Å². The lowest BCUT2D eigenvalue weighted by Crippen LogP contribution is -2.37. The van der Waals surface area contributed by atoms with Crippen LogP contribution in [0.25, 0.3) is 0 Å². The summed E-state index contributed by atoms with van der Waals surface area (Å²) in [4.78, 5) is 40.5. The molecule has 2 aromatic carbocycles. The number of nitrogens with zero attached hydrogens (tertiary/aromatic N) is 2. The number of amides is 2. The molecule has 1 saturated heterocycles. The molecule has 0 saturated carbocycles. The van der Waals surface area contributed by atoms with Crippen molar-refractivity contribution >= 4 is 33.9 Å². The number of hydrogen-bond donors (Lipinski definition) is 0. The summed E-state index contributed by atoms with van der Waals surface area (Å²) in [5.41, 5.74) is 1.12. The minimum absolute atomic E-state index is 0.0360. The van der Waals surface area contributed by atoms with Gasteiger partial charge in [-0.3, -0.25) is 9.59 Å². The molecule has 8 heteroatoms. The second-order valence-electron chi connectivity index (χ2n) is 6.76. The molecule has 0 bridgehead atoms. The largest absolute Gasteiger partial charge is 0.513 e. The Labute approximate surface area is 183 Å². The third-order valence-electron chi connectivity index (χ3n) is 4.71. The molecule has 1 heterocycles. The zero-order valence-electron chi connectivity index (χ0n) is 16.7. The quantitative estimate of drug-likeness (QED) is 0.494. The van der Waals surface area contributed by atoms with E-state index in [0.717, 1.165) is 4.47 Å². The molecule has 1 aliphatic rings. The monoisotopic (exact) mass is 474 g/mol. The third kappa shape index (κ3) is 5.60. The predicted molar refractivity (Wildman–Crippen MR) is 115 cm³/mol. The molecule has 2 amide bonds. The van der Waals surface area contributed by atoms with Crippen molar-refractivity contribution in [3.8, 4) is 5.75 Å². The van der Waals surface area contributed by atoms with Gasteiger partial charge in [-0.15, -0.1) is 0 Å². The Morgan fingerprint density at radius 3 is 2.13 bits per heavy atom. The maximum atomic E-state index is 12.9. The zero-order chi connectivity index (χ0) is 21.5. The fourth-order valence-electron chi connectivity index (χ4n) is 3.22. The standard InChI is InChI=1S/C22H23BrN2O5/c1-2-29-22(28)30-19-9-7-16(8-10-19)20(26)24-11-4-12-25(14-13-24)21(27)17-5-3-6-18(23)15-17/h3,5-10,15H,2,4,11-14H2,1H3. The van der Waals surface area contributed by atoms with E-state index in [1.165, 1.54) is 0 Å². The molecule has 2 aromatic rings. The third-order valence-corrected chi connectivity index (χ3v) is 5.20. The van der Waals surface area contributed by atoms with E-state index < -0.39 is 6.16 Å². The van der Waals surface area contributed by atoms with Crippen LogP contribution in [0.2, 0.25) is 0 Å². The molecule has 1 fully saturated rings. The SMILES string of the molecule is CCOC(=O)Oc1ccc(C(=O)N2CCCN(C(=O)c3cccc(Br)c3)CC2)cc1. The molecule has 0 radical (unpaired) electrons. The van der Waals surface area contributed by atoms with Gasteiger partial charge in [-0.2, -0.15) is 0 Å². The predicted octanol–water partition coefficient (Wildman–Crippen LogP) is 3.97. The molecule has 0 aromatic heterocycles. The van der Waals surface area contributed by atoms with Gasteiger partial charge in [-0.25, -0.2) is 4.79 Å². The van der Waals surface area contributed by atoms with Crippen molar-refractivity contribution in [2.75, 3.05) is 32.8 Å². The first-order chi connectivity index (χ1) is 14.5. The van der Waals surface area contributed by atoms with Gasteiger partial charge in [0.25, 0.3) is 11.8 Å². The Kier molecular flexibility index (Phi) is 7.46. The van der Waals surface area contributed by atoms with Gasteiger partial charge in [0.2, 0.25) is 0 Å². The Bertz CT molecular complexity index is 916. The van der Waals surface area contributed by atoms with Gasteiger partial charge in [0.15, 0.2) is 0 Å². The van der Waals surface area contributed by atoms with Crippen molar-refractivity contribution in [2.24, 2.45) is 0 Å². The number of ether oxygens (including phenoxy) is 2. The second kappa shape index (κ2) is 10.2. The first kappa shape index (κ1) is 21.8. The van der Waals surface area contributed by atoms with Gasteiger partial charge in [0, 0.05) is 41.8 Å². The van der Waals surface area contributed by atoms with E-state index in [2.05, 4.69) is 15.9 Å². The normalized spacial score (nSPS) is 14.1. The lowest BCUT2D eigenvalue weighted by molar-refractivity contribution is 0.0718. The zero-order valence-corrected chi connectivity index (χ0v) is 18.3. The molecular weight excluding hydrogens is 452 g/mol. The molecule has 0 unspecified atom stereocenters. The molecule has 0 N–H and O–H groups in total. The van der Waals surface area contributed by atoms with Crippen molar-refractivity contribution in [1.82, 2.24) is 9.80 Å². The first-order valence-corrected chi connectivity index (χ1v) is 10.6. The second-order valence-corrected chi connectivity index (χ2v) is 7.67. The van der Waals surface area contributed by atoms with Crippen LogP contribution in [-0.2, 0) is 4.74 Å². The van der Waals surface area contributed by atoms with Gasteiger partial charge in [0.1, 0.15) is 5.75 Å². The van der Waals surface area contributed by atoms with Crippen LogP contribution in [0.4, 0.5) is 4.79 Å². The topological polar surface area (TPSA) is 76.2 Å². The lowest BCUT2D eigenvalue weighted by Gasteiger charge is -2.22. The number of halogens is 1. The molecule has 0 aliphatic carbocycles. The summed E-state index contributed by atoms with van der Waals surface area (Å²) in [6, 6.07) is 13.7. The minimum Gasteiger partial charge on any atom is -0.434 e. The van der Waals surface area contributed by atoms with Gasteiger partial charge in [-0.05, 0) is 55.8 Å². The average molecular weight is 475 g/mol. The van der Waals surface area contributed by atoms with E-state index >= 15 is 0 Å². The summed E-state index contributed by atoms with van der Waals surface area (Å²) < 4.78 is 10.6. The summed E-state index contributed by atoms with van der Waals surface area (Å²) in [7, 11) is 0. The minimum atomic E-state index is -0.778. The summed E-state index contributed by atoms with van der Waals surface area (Å²) in [6.45, 7) is 4.02. The Morgan fingerprint density at radius 1 is 0.900 bits per heavy atom. The van der Waals surface area contributed by atoms with Crippen LogP contribution in [0.3, 0.4) is 0 Å². The molecule has 0 spiro atoms. The highest BCUT2D eigenvalue weighted by molar-refractivity contribution is 9.10. The van der Waals surface area contributed by atoms with Crippen LogP contribution < -0.4 is 4.74 Å². The molecule has 30 heavy (non-hydrogen) atoms. The van der Waals surface area contributed by atoms with Gasteiger partial charge >= 0.3 is 6.16 Å². The van der Waals surface area contributed by atoms with E-state index in [-0.39, 0.29) is 18.4 Å². The number of carbonyl (C=O) groups excluding carboxylic acids is 3. The summed E-state index contributed by atoms with van der Waals surface area (Å²) >= 11 is 3.39. The van der Waals surface area contributed by atoms with Crippen molar-refractivity contribution in [2.45, 2.75) is 13.3 Å². The number of rotatable bonds is 4. The number of carbonyl (C=O) groups is 3. The molecule has 7 nitrogen and oxygen atoms in total. The Balaban J connectivity index is 1.60. The molecule has 158 valence electrons. The fourth-order valence-corrected chi connectivity index (χ4v) is 3.62. The maximum absolute atomic E-state index is 12.9. The van der Waals surface area contributed by atoms with E-state index in [1.54, 1.807) is 53.1 Å². The smallest absolute Gasteiger partial charge is 0.434 e. The lowest BCUT2D eigenvalue weighted by atomic mass is 10.2. The molecule has 0 atom stereocenters. The van der Waals surface area contributed by atoms with Crippen LogP contribution in [0.15, 0.2) is 53.0 Å². The number of benzene rings is 2. The van der Waals surface area contributed by atoms with E-state index in [0.29, 0.717) is 49.5 Å². The average Bonchev–Trinajstić information content (AvgIpc) is 3.00. The highest BCUT2D eigenvalue weighted by Crippen LogP contribution is 2.17. The van der Waals surface area contributed by atoms with Crippen LogP contribution in [-0.4, -0.2) is 60.6 Å².